The van der Waals surface area contributed by atoms with Gasteiger partial charge in [0.25, 0.3) is 0 Å². The Hall–Kier alpha value is -7.04. The molecule has 336 valence electrons. The predicted octanol–water partition coefficient (Wildman–Crippen LogP) is 17.3. The molecule has 0 aliphatic heterocycles. The van der Waals surface area contributed by atoms with Gasteiger partial charge in [-0.05, 0) is 140 Å². The number of aryl methyl sites for hydroxylation is 1. The summed E-state index contributed by atoms with van der Waals surface area (Å²) in [5, 5.41) is 12.7. The molecule has 2 heterocycles. The molecule has 0 fully saturated rings. The highest BCUT2D eigenvalue weighted by atomic mass is 16.3. The van der Waals surface area contributed by atoms with Crippen molar-refractivity contribution in [1.29, 1.82) is 0 Å². The van der Waals surface area contributed by atoms with Crippen molar-refractivity contribution in [3.05, 3.63) is 192 Å². The Morgan fingerprint density at radius 1 is 0.567 bits per heavy atom. The number of phenolic OH excluding ortho intramolecular Hbond substituents is 1. The molecule has 0 radical (unpaired) electrons. The van der Waals surface area contributed by atoms with Crippen LogP contribution < -0.4 is 0 Å². The summed E-state index contributed by atoms with van der Waals surface area (Å²) in [6, 6.07) is 35.3. The summed E-state index contributed by atoms with van der Waals surface area (Å²) in [4.78, 5) is 10.4. The Balaban J connectivity index is 1.46. The predicted molar refractivity (Wildman–Crippen MR) is 283 cm³/mol. The Labute approximate surface area is 407 Å². The molecule has 0 aliphatic carbocycles. The van der Waals surface area contributed by atoms with Crippen LogP contribution in [0.2, 0.25) is 0 Å². The van der Waals surface area contributed by atoms with E-state index in [2.05, 4.69) is 116 Å². The van der Waals surface area contributed by atoms with Gasteiger partial charge in [-0.2, -0.15) is 0 Å². The maximum atomic E-state index is 12.7. The SMILES string of the molecule is [2H]c1c([2H])c([2H])c(-c2c([2H])c(-c3cc(-c4cccc(C)c4)ccn3)cc(-c3cccc4c3nc(-c3cc(C(C)(C)C)cc(C(C)(C)C)c3O)n4-c3c(C(C)C)cc(-c4ccccc4)cc3C(C)C)c2[2H])c([2H])c1[2H]. The van der Waals surface area contributed by atoms with Crippen LogP contribution in [0.5, 0.6) is 5.75 Å². The number of hydrogen-bond acceptors (Lipinski definition) is 3. The van der Waals surface area contributed by atoms with Gasteiger partial charge in [0.1, 0.15) is 11.6 Å². The summed E-state index contributed by atoms with van der Waals surface area (Å²) in [5.41, 5.74) is 12.1. The van der Waals surface area contributed by atoms with Crippen LogP contribution in [0, 0.1) is 6.92 Å². The second-order valence-corrected chi connectivity index (χ2v) is 20.4. The quantitative estimate of drug-likeness (QED) is 0.157. The molecule has 0 saturated heterocycles. The van der Waals surface area contributed by atoms with Crippen molar-refractivity contribution in [3.8, 4) is 78.6 Å². The van der Waals surface area contributed by atoms with E-state index in [1.165, 1.54) is 0 Å². The number of pyridine rings is 1. The molecule has 0 spiro atoms. The van der Waals surface area contributed by atoms with Crippen LogP contribution in [0.4, 0.5) is 0 Å². The molecule has 0 unspecified atom stereocenters. The molecule has 9 aromatic rings. The normalized spacial score (nSPS) is 13.6. The minimum absolute atomic E-state index is 0.0361. The third-order valence-electron chi connectivity index (χ3n) is 12.7. The number of para-hydroxylation sites is 1. The minimum atomic E-state index is -0.569. The van der Waals surface area contributed by atoms with Gasteiger partial charge in [-0.1, -0.05) is 178 Å². The number of phenols is 1. The average Bonchev–Trinajstić information content (AvgIpc) is 3.74. The van der Waals surface area contributed by atoms with Crippen LogP contribution in [-0.4, -0.2) is 19.6 Å². The van der Waals surface area contributed by atoms with Crippen molar-refractivity contribution in [2.24, 2.45) is 0 Å². The monoisotopic (exact) mass is 885 g/mol. The molecule has 2 aromatic heterocycles. The number of nitrogens with zero attached hydrogens (tertiary/aromatic N) is 3. The van der Waals surface area contributed by atoms with Crippen molar-refractivity contribution in [2.75, 3.05) is 0 Å². The van der Waals surface area contributed by atoms with Crippen molar-refractivity contribution in [1.82, 2.24) is 14.5 Å². The lowest BCUT2D eigenvalue weighted by Crippen LogP contribution is -2.17. The first-order valence-electron chi connectivity index (χ1n) is 26.8. The van der Waals surface area contributed by atoms with E-state index >= 15 is 0 Å². The zero-order valence-electron chi connectivity index (χ0n) is 47.5. The lowest BCUT2D eigenvalue weighted by Gasteiger charge is -2.28. The molecule has 67 heavy (non-hydrogen) atoms. The Kier molecular flexibility index (Phi) is 9.77. The molecule has 0 bridgehead atoms. The fourth-order valence-corrected chi connectivity index (χ4v) is 9.03. The molecule has 4 nitrogen and oxygen atoms in total. The van der Waals surface area contributed by atoms with Crippen LogP contribution in [0.15, 0.2) is 164 Å². The number of hydrogen-bond donors (Lipinski definition) is 1. The molecule has 0 saturated carbocycles. The van der Waals surface area contributed by atoms with E-state index in [0.29, 0.717) is 44.8 Å². The van der Waals surface area contributed by atoms with Gasteiger partial charge in [0.2, 0.25) is 0 Å². The van der Waals surface area contributed by atoms with Gasteiger partial charge < -0.3 is 5.11 Å². The zero-order chi connectivity index (χ0) is 53.5. The van der Waals surface area contributed by atoms with Gasteiger partial charge in [0.05, 0.1) is 37.6 Å². The second-order valence-electron chi connectivity index (χ2n) is 20.4. The van der Waals surface area contributed by atoms with Crippen LogP contribution in [0.3, 0.4) is 0 Å². The van der Waals surface area contributed by atoms with E-state index in [9.17, 15) is 7.85 Å². The zero-order valence-corrected chi connectivity index (χ0v) is 40.5. The summed E-state index contributed by atoms with van der Waals surface area (Å²) in [7, 11) is 0. The van der Waals surface area contributed by atoms with Crippen LogP contribution in [0.1, 0.15) is 118 Å². The maximum Gasteiger partial charge on any atom is 0.149 e. The third-order valence-corrected chi connectivity index (χ3v) is 12.7. The number of aromatic hydroxyl groups is 1. The van der Waals surface area contributed by atoms with Gasteiger partial charge in [-0.25, -0.2) is 4.98 Å². The molecular formula is C63H63N3O. The Bertz CT molecular complexity index is 3640. The molecule has 0 atom stereocenters. The van der Waals surface area contributed by atoms with E-state index in [4.69, 9.17) is 16.8 Å². The van der Waals surface area contributed by atoms with Crippen molar-refractivity contribution in [2.45, 2.75) is 98.8 Å². The van der Waals surface area contributed by atoms with Crippen LogP contribution >= 0.6 is 0 Å². The van der Waals surface area contributed by atoms with Gasteiger partial charge in [-0.15, -0.1) is 0 Å². The highest BCUT2D eigenvalue weighted by Gasteiger charge is 2.31. The number of benzene rings is 7. The van der Waals surface area contributed by atoms with Gasteiger partial charge >= 0.3 is 0 Å². The van der Waals surface area contributed by atoms with Crippen molar-refractivity contribution in [3.63, 3.8) is 0 Å². The first-order valence-corrected chi connectivity index (χ1v) is 23.3. The lowest BCUT2D eigenvalue weighted by molar-refractivity contribution is 0.446. The average molecular weight is 885 g/mol. The Morgan fingerprint density at radius 2 is 1.22 bits per heavy atom. The highest BCUT2D eigenvalue weighted by Crippen LogP contribution is 2.47. The number of aromatic nitrogens is 3. The topological polar surface area (TPSA) is 50.9 Å². The molecule has 9 rings (SSSR count). The summed E-state index contributed by atoms with van der Waals surface area (Å²) in [5.74, 6) is 0.690. The van der Waals surface area contributed by atoms with Gasteiger partial charge in [-0.3, -0.25) is 9.55 Å². The molecule has 1 N–H and O–H groups in total. The van der Waals surface area contributed by atoms with E-state index in [0.717, 1.165) is 55.8 Å². The molecule has 4 heteroatoms. The van der Waals surface area contributed by atoms with E-state index in [1.54, 1.807) is 12.3 Å². The number of rotatable bonds is 9. The molecule has 0 aliphatic rings. The Morgan fingerprint density at radius 3 is 1.88 bits per heavy atom. The summed E-state index contributed by atoms with van der Waals surface area (Å²) >= 11 is 0. The van der Waals surface area contributed by atoms with Gasteiger partial charge in [0, 0.05) is 22.9 Å². The van der Waals surface area contributed by atoms with E-state index in [-0.39, 0.29) is 46.2 Å². The van der Waals surface area contributed by atoms with Crippen molar-refractivity contribution < 1.29 is 14.7 Å². The van der Waals surface area contributed by atoms with Crippen LogP contribution in [-0.2, 0) is 10.8 Å². The lowest BCUT2D eigenvalue weighted by atomic mass is 9.78. The summed E-state index contributed by atoms with van der Waals surface area (Å²) in [6.45, 7) is 23.5. The van der Waals surface area contributed by atoms with Crippen LogP contribution in [0.25, 0.3) is 83.9 Å². The fraction of sp³-hybridized carbons (Fsp3) is 0.238. The maximum absolute atomic E-state index is 12.7. The first kappa shape index (κ1) is 37.1. The number of imidazole rings is 1. The largest absolute Gasteiger partial charge is 0.507 e. The molecule has 0 amide bonds. The van der Waals surface area contributed by atoms with Crippen molar-refractivity contribution >= 4 is 11.0 Å². The second kappa shape index (κ2) is 17.6. The molecular weight excluding hydrogens is 815 g/mol. The number of fused-ring (bicyclic) bond motifs is 1. The molecule has 7 aromatic carbocycles. The first-order chi connectivity index (χ1) is 34.9. The van der Waals surface area contributed by atoms with Gasteiger partial charge in [0.15, 0.2) is 0 Å². The minimum Gasteiger partial charge on any atom is -0.507 e. The smallest absolute Gasteiger partial charge is 0.149 e. The van der Waals surface area contributed by atoms with E-state index < -0.39 is 35.6 Å². The summed E-state index contributed by atoms with van der Waals surface area (Å²) < 4.78 is 66.4. The highest BCUT2D eigenvalue weighted by molar-refractivity contribution is 5.98. The third kappa shape index (κ3) is 8.86. The van der Waals surface area contributed by atoms with E-state index in [1.807, 2.05) is 73.7 Å². The fourth-order valence-electron chi connectivity index (χ4n) is 9.03. The summed E-state index contributed by atoms with van der Waals surface area (Å²) in [6.07, 6.45) is 1.67. The standard InChI is InChI=1S/C63H63N3O/c1-39(2)52-34-47(43-23-16-13-17-24-43)35-53(40(3)4)59(52)66-57-27-19-26-51(58(57)65-61(66)54-37-50(62(6,7)8)38-55(60(54)67)63(9,10)11)48-31-46(42-21-14-12-15-22-42)32-49(33-48)56-36-45(28-29-64-56)44-25-18-20-41(5)30-44/h12-40,67H,1-11H3/i12D,14D,15D,21D,22D,31D,32D.